The number of sulfonamides is 1. The molecule has 0 unspecified atom stereocenters. The van der Waals surface area contributed by atoms with Crippen molar-refractivity contribution in [2.75, 3.05) is 17.5 Å². The van der Waals surface area contributed by atoms with Gasteiger partial charge in [0.1, 0.15) is 18.3 Å². The summed E-state index contributed by atoms with van der Waals surface area (Å²) in [4.78, 5) is 28.5. The van der Waals surface area contributed by atoms with Crippen molar-refractivity contribution in [3.8, 4) is 5.75 Å². The number of ether oxygens (including phenoxy) is 1. The Bertz CT molecular complexity index is 1420. The number of carbonyl (C=O) groups is 2. The molecule has 0 bridgehead atoms. The molecule has 0 saturated carbocycles. The summed E-state index contributed by atoms with van der Waals surface area (Å²) in [6.45, 7) is 7.36. The van der Waals surface area contributed by atoms with E-state index >= 15 is 0 Å². The maximum absolute atomic E-state index is 14.0. The van der Waals surface area contributed by atoms with E-state index in [0.717, 1.165) is 20.8 Å². The van der Waals surface area contributed by atoms with Gasteiger partial charge in [0.2, 0.25) is 11.8 Å². The van der Waals surface area contributed by atoms with Crippen molar-refractivity contribution in [3.63, 3.8) is 0 Å². The fraction of sp³-hybridized carbons (Fsp3) is 0.333. The fourth-order valence-electron chi connectivity index (χ4n) is 3.97. The largest absolute Gasteiger partial charge is 0.494 e. The number of nitrogens with zero attached hydrogens (tertiary/aromatic N) is 2. The maximum atomic E-state index is 14.0. The highest BCUT2D eigenvalue weighted by molar-refractivity contribution is 9.10. The minimum Gasteiger partial charge on any atom is -0.494 e. The predicted octanol–water partition coefficient (Wildman–Crippen LogP) is 6.03. The molecule has 0 saturated heterocycles. The van der Waals surface area contributed by atoms with Crippen LogP contribution in [0.2, 0.25) is 5.02 Å². The average molecular weight is 665 g/mol. The SMILES string of the molecule is CCOc1ccc(N(CC(=O)N(Cc2ccc(Br)cc2)[C@@H](C)C(=O)N[C@H](C)CC)S(=O)(=O)c2ccc(Cl)cc2)cc1. The molecule has 3 rings (SSSR count). The zero-order valence-corrected chi connectivity index (χ0v) is 26.7. The highest BCUT2D eigenvalue weighted by Gasteiger charge is 2.32. The first-order chi connectivity index (χ1) is 19.5. The molecular formula is C30H35BrClN3O5S. The smallest absolute Gasteiger partial charge is 0.264 e. The Morgan fingerprint density at radius 3 is 2.12 bits per heavy atom. The number of anilines is 1. The van der Waals surface area contributed by atoms with Crippen molar-refractivity contribution < 1.29 is 22.7 Å². The minimum atomic E-state index is -4.19. The summed E-state index contributed by atoms with van der Waals surface area (Å²) < 4.78 is 35.2. The highest BCUT2D eigenvalue weighted by Crippen LogP contribution is 2.27. The van der Waals surface area contributed by atoms with Crippen LogP contribution in [0.5, 0.6) is 5.75 Å². The Morgan fingerprint density at radius 1 is 0.951 bits per heavy atom. The lowest BCUT2D eigenvalue weighted by Gasteiger charge is -2.32. The lowest BCUT2D eigenvalue weighted by atomic mass is 10.1. The number of benzene rings is 3. The van der Waals surface area contributed by atoms with Crippen LogP contribution in [-0.2, 0) is 26.2 Å². The lowest BCUT2D eigenvalue weighted by molar-refractivity contribution is -0.139. The van der Waals surface area contributed by atoms with Crippen molar-refractivity contribution in [2.45, 2.75) is 57.6 Å². The van der Waals surface area contributed by atoms with Gasteiger partial charge in [-0.15, -0.1) is 0 Å². The Morgan fingerprint density at radius 2 is 1.56 bits per heavy atom. The van der Waals surface area contributed by atoms with Crippen LogP contribution in [0.3, 0.4) is 0 Å². The zero-order chi connectivity index (χ0) is 30.2. The van der Waals surface area contributed by atoms with Gasteiger partial charge < -0.3 is 15.0 Å². The standard InChI is InChI=1S/C30H35BrClN3O5S/c1-5-21(3)33-30(37)22(4)34(19-23-7-9-24(31)10-8-23)29(36)20-35(26-13-15-27(16-14-26)40-6-2)41(38,39)28-17-11-25(32)12-18-28/h7-18,21-22H,5-6,19-20H2,1-4H3,(H,33,37)/t21-,22+/m1/s1. The third kappa shape index (κ3) is 8.70. The van der Waals surface area contributed by atoms with Crippen LogP contribution in [0.25, 0.3) is 0 Å². The van der Waals surface area contributed by atoms with Gasteiger partial charge in [0.05, 0.1) is 17.2 Å². The van der Waals surface area contributed by atoms with Crippen molar-refractivity contribution in [1.29, 1.82) is 0 Å². The molecule has 0 aliphatic heterocycles. The molecule has 3 aromatic rings. The molecule has 11 heteroatoms. The number of rotatable bonds is 13. The number of nitrogens with one attached hydrogen (secondary N) is 1. The van der Waals surface area contributed by atoms with E-state index in [1.807, 2.05) is 45.0 Å². The number of hydrogen-bond acceptors (Lipinski definition) is 5. The normalized spacial score (nSPS) is 12.7. The second-order valence-electron chi connectivity index (χ2n) is 9.53. The first-order valence-electron chi connectivity index (χ1n) is 13.3. The third-order valence-electron chi connectivity index (χ3n) is 6.55. The molecule has 1 N–H and O–H groups in total. The number of carbonyl (C=O) groups excluding carboxylic acids is 2. The highest BCUT2D eigenvalue weighted by atomic mass is 79.9. The van der Waals surface area contributed by atoms with Crippen LogP contribution in [0.15, 0.2) is 82.2 Å². The van der Waals surface area contributed by atoms with E-state index in [0.29, 0.717) is 17.4 Å². The van der Waals surface area contributed by atoms with Crippen molar-refractivity contribution in [3.05, 3.63) is 87.9 Å². The predicted molar refractivity (Wildman–Crippen MR) is 166 cm³/mol. The van der Waals surface area contributed by atoms with E-state index in [4.69, 9.17) is 16.3 Å². The van der Waals surface area contributed by atoms with Crippen LogP contribution in [-0.4, -0.2) is 50.4 Å². The fourth-order valence-corrected chi connectivity index (χ4v) is 5.78. The second-order valence-corrected chi connectivity index (χ2v) is 12.7. The Kier molecular flexibility index (Phi) is 11.6. The minimum absolute atomic E-state index is 0.0226. The first-order valence-corrected chi connectivity index (χ1v) is 15.9. The van der Waals surface area contributed by atoms with Crippen LogP contribution in [0, 0.1) is 0 Å². The molecule has 3 aromatic carbocycles. The quantitative estimate of drug-likeness (QED) is 0.241. The van der Waals surface area contributed by atoms with Crippen molar-refractivity contribution >= 4 is 55.1 Å². The van der Waals surface area contributed by atoms with Gasteiger partial charge in [-0.05, 0) is 93.4 Å². The molecule has 0 spiro atoms. The summed E-state index contributed by atoms with van der Waals surface area (Å²) in [5.41, 5.74) is 1.06. The molecule has 0 aliphatic rings. The summed E-state index contributed by atoms with van der Waals surface area (Å²) in [5, 5.41) is 3.31. The van der Waals surface area contributed by atoms with Gasteiger partial charge in [0, 0.05) is 22.1 Å². The van der Waals surface area contributed by atoms with Gasteiger partial charge in [0.25, 0.3) is 10.0 Å². The summed E-state index contributed by atoms with van der Waals surface area (Å²) in [6.07, 6.45) is 0.726. The molecule has 0 fully saturated rings. The monoisotopic (exact) mass is 663 g/mol. The molecule has 2 amide bonds. The first kappa shape index (κ1) is 32.4. The van der Waals surface area contributed by atoms with E-state index in [1.54, 1.807) is 31.2 Å². The molecule has 0 radical (unpaired) electrons. The lowest BCUT2D eigenvalue weighted by Crippen LogP contribution is -2.52. The van der Waals surface area contributed by atoms with E-state index < -0.39 is 28.5 Å². The van der Waals surface area contributed by atoms with Gasteiger partial charge in [0.15, 0.2) is 0 Å². The van der Waals surface area contributed by atoms with Gasteiger partial charge in [-0.3, -0.25) is 13.9 Å². The summed E-state index contributed by atoms with van der Waals surface area (Å²) in [6, 6.07) is 18.7. The molecule has 220 valence electrons. The van der Waals surface area contributed by atoms with Crippen LogP contribution >= 0.6 is 27.5 Å². The Balaban J connectivity index is 2.02. The number of halogens is 2. The average Bonchev–Trinajstić information content (AvgIpc) is 2.95. The number of amides is 2. The summed E-state index contributed by atoms with van der Waals surface area (Å²) >= 11 is 9.42. The van der Waals surface area contributed by atoms with Crippen LogP contribution in [0.1, 0.15) is 39.7 Å². The molecule has 0 aliphatic carbocycles. The molecular weight excluding hydrogens is 630 g/mol. The van der Waals surface area contributed by atoms with Crippen LogP contribution in [0.4, 0.5) is 5.69 Å². The van der Waals surface area contributed by atoms with Gasteiger partial charge in [-0.1, -0.05) is 46.6 Å². The van der Waals surface area contributed by atoms with Crippen LogP contribution < -0.4 is 14.4 Å². The third-order valence-corrected chi connectivity index (χ3v) is 9.12. The summed E-state index contributed by atoms with van der Waals surface area (Å²) in [7, 11) is -4.19. The molecule has 0 aromatic heterocycles. The van der Waals surface area contributed by atoms with E-state index in [1.165, 1.54) is 29.2 Å². The Labute approximate surface area is 255 Å². The molecule has 0 heterocycles. The topological polar surface area (TPSA) is 96.0 Å². The second kappa shape index (κ2) is 14.7. The molecule has 2 atom stereocenters. The van der Waals surface area contributed by atoms with Gasteiger partial charge in [-0.25, -0.2) is 8.42 Å². The molecule has 41 heavy (non-hydrogen) atoms. The maximum Gasteiger partial charge on any atom is 0.264 e. The van der Waals surface area contributed by atoms with Crippen molar-refractivity contribution in [2.24, 2.45) is 0 Å². The number of hydrogen-bond donors (Lipinski definition) is 1. The van der Waals surface area contributed by atoms with Gasteiger partial charge >= 0.3 is 0 Å². The summed E-state index contributed by atoms with van der Waals surface area (Å²) in [5.74, 6) is -0.289. The van der Waals surface area contributed by atoms with E-state index in [2.05, 4.69) is 21.2 Å². The Hall–Kier alpha value is -3.08. The zero-order valence-electron chi connectivity index (χ0n) is 23.5. The van der Waals surface area contributed by atoms with Crippen molar-refractivity contribution in [1.82, 2.24) is 10.2 Å². The van der Waals surface area contributed by atoms with Gasteiger partial charge in [-0.2, -0.15) is 0 Å². The van der Waals surface area contributed by atoms with E-state index in [9.17, 15) is 18.0 Å². The van der Waals surface area contributed by atoms with E-state index in [-0.39, 0.29) is 29.1 Å². The molecule has 8 nitrogen and oxygen atoms in total.